The van der Waals surface area contributed by atoms with Crippen LogP contribution < -0.4 is 0 Å². The molecule has 0 N–H and O–H groups in total. The van der Waals surface area contributed by atoms with E-state index in [4.69, 9.17) is 9.26 Å². The molecule has 136 valence electrons. The summed E-state index contributed by atoms with van der Waals surface area (Å²) in [5.74, 6) is 0.828. The Morgan fingerprint density at radius 1 is 1.42 bits per heavy atom. The van der Waals surface area contributed by atoms with Gasteiger partial charge in [-0.1, -0.05) is 18.1 Å². The Labute approximate surface area is 154 Å². The molecule has 0 bridgehead atoms. The third kappa shape index (κ3) is 3.40. The number of carbonyl (C=O) groups is 1. The largest absolute Gasteiger partial charge is 0.365 e. The van der Waals surface area contributed by atoms with E-state index in [1.165, 1.54) is 0 Å². The molecule has 3 aromatic rings. The maximum atomic E-state index is 12.7. The quantitative estimate of drug-likeness (QED) is 0.683. The van der Waals surface area contributed by atoms with Crippen LogP contribution in [0.2, 0.25) is 0 Å². The van der Waals surface area contributed by atoms with Crippen molar-refractivity contribution in [2.45, 2.75) is 26.0 Å². The predicted octanol–water partition coefficient (Wildman–Crippen LogP) is 2.62. The predicted molar refractivity (Wildman–Crippen MR) is 94.7 cm³/mol. The summed E-state index contributed by atoms with van der Waals surface area (Å²) in [5, 5.41) is 10.3. The first kappa shape index (κ1) is 16.9. The Hall–Kier alpha value is -2.52. The number of aryl methyl sites for hydroxylation is 1. The molecule has 0 aliphatic carbocycles. The lowest BCUT2D eigenvalue weighted by Gasteiger charge is -2.30. The third-order valence-corrected chi connectivity index (χ3v) is 4.99. The highest BCUT2D eigenvalue weighted by atomic mass is 32.1. The molecule has 1 aliphatic heterocycles. The van der Waals surface area contributed by atoms with Crippen molar-refractivity contribution in [1.29, 1.82) is 0 Å². The van der Waals surface area contributed by atoms with E-state index in [1.54, 1.807) is 27.0 Å². The Kier molecular flexibility index (Phi) is 4.81. The van der Waals surface area contributed by atoms with Crippen molar-refractivity contribution in [3.05, 3.63) is 41.4 Å². The number of morpholine rings is 1. The molecule has 1 saturated heterocycles. The van der Waals surface area contributed by atoms with Crippen LogP contribution in [0.5, 0.6) is 0 Å². The van der Waals surface area contributed by atoms with E-state index >= 15 is 0 Å². The van der Waals surface area contributed by atoms with Gasteiger partial charge in [0.05, 0.1) is 18.0 Å². The molecule has 4 rings (SSSR count). The summed E-state index contributed by atoms with van der Waals surface area (Å²) in [6, 6.07) is 5.62. The zero-order chi connectivity index (χ0) is 17.9. The van der Waals surface area contributed by atoms with Crippen LogP contribution in [0.4, 0.5) is 0 Å². The average molecular weight is 373 g/mol. The number of nitrogens with zero attached hydrogens (tertiary/aromatic N) is 5. The smallest absolute Gasteiger partial charge is 0.274 e. The van der Waals surface area contributed by atoms with Crippen molar-refractivity contribution in [1.82, 2.24) is 24.8 Å². The summed E-state index contributed by atoms with van der Waals surface area (Å²) in [7, 11) is 0. The molecule has 0 radical (unpaired) electrons. The van der Waals surface area contributed by atoms with E-state index in [0.29, 0.717) is 37.1 Å². The molecular formula is C17H19N5O3S. The average Bonchev–Trinajstić information content (AvgIpc) is 3.41. The first-order chi connectivity index (χ1) is 12.7. The summed E-state index contributed by atoms with van der Waals surface area (Å²) >= 11 is 1.54. The molecule has 0 aromatic carbocycles. The van der Waals surface area contributed by atoms with E-state index in [2.05, 4.69) is 22.2 Å². The van der Waals surface area contributed by atoms with Gasteiger partial charge in [0.15, 0.2) is 6.10 Å². The summed E-state index contributed by atoms with van der Waals surface area (Å²) in [4.78, 5) is 19.8. The molecule has 26 heavy (non-hydrogen) atoms. The van der Waals surface area contributed by atoms with Gasteiger partial charge in [0, 0.05) is 19.3 Å². The molecule has 8 nitrogen and oxygen atoms in total. The minimum absolute atomic E-state index is 0.105. The van der Waals surface area contributed by atoms with Gasteiger partial charge in [0.2, 0.25) is 5.82 Å². The summed E-state index contributed by atoms with van der Waals surface area (Å²) in [5.41, 5.74) is 0.448. The first-order valence-electron chi connectivity index (χ1n) is 8.56. The van der Waals surface area contributed by atoms with Gasteiger partial charge in [0.25, 0.3) is 11.8 Å². The van der Waals surface area contributed by atoms with Crippen LogP contribution in [0.15, 0.2) is 34.3 Å². The fourth-order valence-corrected chi connectivity index (χ4v) is 3.50. The van der Waals surface area contributed by atoms with Crippen molar-refractivity contribution in [2.24, 2.45) is 0 Å². The standard InChI is InChI=1S/C17H19N5O3S/c1-2-6-22-7-5-12(19-22)17(23)21-8-9-24-13(11-21)16-18-15(20-25-16)14-4-3-10-26-14/h3-5,7,10,13H,2,6,8-9,11H2,1H3/t13-/m1/s1. The van der Waals surface area contributed by atoms with Crippen molar-refractivity contribution >= 4 is 17.2 Å². The SMILES string of the molecule is CCCn1ccc(C(=O)N2CCO[C@@H](c3nc(-c4cccs4)no3)C2)n1. The molecule has 0 unspecified atom stereocenters. The van der Waals surface area contributed by atoms with Gasteiger partial charge in [-0.3, -0.25) is 9.48 Å². The number of hydrogen-bond acceptors (Lipinski definition) is 7. The van der Waals surface area contributed by atoms with Crippen LogP contribution in [0.25, 0.3) is 10.7 Å². The molecule has 9 heteroatoms. The normalized spacial score (nSPS) is 17.6. The molecule has 1 atom stereocenters. The van der Waals surface area contributed by atoms with E-state index in [0.717, 1.165) is 17.8 Å². The van der Waals surface area contributed by atoms with E-state index in [1.807, 2.05) is 23.7 Å². The highest BCUT2D eigenvalue weighted by Gasteiger charge is 2.31. The minimum atomic E-state index is -0.424. The molecule has 0 saturated carbocycles. The monoisotopic (exact) mass is 373 g/mol. The van der Waals surface area contributed by atoms with Crippen LogP contribution in [-0.4, -0.2) is 50.4 Å². The molecule has 3 aromatic heterocycles. The Balaban J connectivity index is 1.46. The topological polar surface area (TPSA) is 86.3 Å². The van der Waals surface area contributed by atoms with Gasteiger partial charge in [-0.05, 0) is 23.9 Å². The molecule has 0 spiro atoms. The Morgan fingerprint density at radius 3 is 3.15 bits per heavy atom. The van der Waals surface area contributed by atoms with Crippen LogP contribution in [-0.2, 0) is 11.3 Å². The van der Waals surface area contributed by atoms with Gasteiger partial charge in [0.1, 0.15) is 5.69 Å². The van der Waals surface area contributed by atoms with Gasteiger partial charge in [-0.15, -0.1) is 11.3 Å². The summed E-state index contributed by atoms with van der Waals surface area (Å²) in [6.45, 7) is 4.17. The lowest BCUT2D eigenvalue weighted by atomic mass is 10.2. The molecule has 1 amide bonds. The highest BCUT2D eigenvalue weighted by molar-refractivity contribution is 7.13. The second-order valence-corrected chi connectivity index (χ2v) is 6.96. The van der Waals surface area contributed by atoms with Crippen molar-refractivity contribution in [2.75, 3.05) is 19.7 Å². The first-order valence-corrected chi connectivity index (χ1v) is 9.44. The van der Waals surface area contributed by atoms with Crippen LogP contribution >= 0.6 is 11.3 Å². The lowest BCUT2D eigenvalue weighted by Crippen LogP contribution is -2.42. The molecule has 4 heterocycles. The molecular weight excluding hydrogens is 354 g/mol. The van der Waals surface area contributed by atoms with Gasteiger partial charge in [-0.2, -0.15) is 10.1 Å². The summed E-state index contributed by atoms with van der Waals surface area (Å²) < 4.78 is 12.9. The van der Waals surface area contributed by atoms with Crippen LogP contribution in [0.1, 0.15) is 35.8 Å². The second kappa shape index (κ2) is 7.38. The van der Waals surface area contributed by atoms with Gasteiger partial charge in [-0.25, -0.2) is 0 Å². The van der Waals surface area contributed by atoms with Crippen molar-refractivity contribution in [3.63, 3.8) is 0 Å². The van der Waals surface area contributed by atoms with E-state index < -0.39 is 6.10 Å². The minimum Gasteiger partial charge on any atom is -0.365 e. The molecule has 1 fully saturated rings. The maximum Gasteiger partial charge on any atom is 0.274 e. The summed E-state index contributed by atoms with van der Waals surface area (Å²) in [6.07, 6.45) is 2.38. The van der Waals surface area contributed by atoms with Crippen LogP contribution in [0, 0.1) is 0 Å². The fourth-order valence-electron chi connectivity index (χ4n) is 2.85. The maximum absolute atomic E-state index is 12.7. The fraction of sp³-hybridized carbons (Fsp3) is 0.412. The number of aromatic nitrogens is 4. The van der Waals surface area contributed by atoms with Gasteiger partial charge < -0.3 is 14.2 Å². The van der Waals surface area contributed by atoms with E-state index in [-0.39, 0.29) is 5.91 Å². The number of thiophene rings is 1. The molecule has 1 aliphatic rings. The van der Waals surface area contributed by atoms with Crippen molar-refractivity contribution in [3.8, 4) is 10.7 Å². The Bertz CT molecular complexity index is 873. The number of hydrogen-bond donors (Lipinski definition) is 0. The zero-order valence-corrected chi connectivity index (χ0v) is 15.2. The zero-order valence-electron chi connectivity index (χ0n) is 14.4. The lowest BCUT2D eigenvalue weighted by molar-refractivity contribution is -0.0369. The number of carbonyl (C=O) groups excluding carboxylic acids is 1. The van der Waals surface area contributed by atoms with Crippen molar-refractivity contribution < 1.29 is 14.1 Å². The van der Waals surface area contributed by atoms with E-state index in [9.17, 15) is 4.79 Å². The van der Waals surface area contributed by atoms with Crippen LogP contribution in [0.3, 0.4) is 0 Å². The third-order valence-electron chi connectivity index (χ3n) is 4.12. The second-order valence-electron chi connectivity index (χ2n) is 6.01. The van der Waals surface area contributed by atoms with Gasteiger partial charge >= 0.3 is 0 Å². The number of rotatable bonds is 5. The number of ether oxygens (including phenoxy) is 1. The highest BCUT2D eigenvalue weighted by Crippen LogP contribution is 2.26. The Morgan fingerprint density at radius 2 is 2.35 bits per heavy atom. The number of amides is 1.